The van der Waals surface area contributed by atoms with E-state index in [0.717, 1.165) is 10.4 Å². The van der Waals surface area contributed by atoms with Crippen molar-refractivity contribution in [1.82, 2.24) is 19.8 Å². The quantitative estimate of drug-likeness (QED) is 0.468. The fourth-order valence-electron chi connectivity index (χ4n) is 2.53. The van der Waals surface area contributed by atoms with Crippen molar-refractivity contribution >= 4 is 51.8 Å². The zero-order valence-electron chi connectivity index (χ0n) is 14.6. The van der Waals surface area contributed by atoms with Crippen molar-refractivity contribution in [3.8, 4) is 10.6 Å². The van der Waals surface area contributed by atoms with E-state index in [-0.39, 0.29) is 17.2 Å². The number of hydrogen-bond donors (Lipinski definition) is 2. The summed E-state index contributed by atoms with van der Waals surface area (Å²) in [6, 6.07) is 10.9. The largest absolute Gasteiger partial charge is 0.325 e. The number of fused-ring (bicyclic) bond motifs is 1. The minimum absolute atomic E-state index is 0.105. The second-order valence-electron chi connectivity index (χ2n) is 5.94. The van der Waals surface area contributed by atoms with Crippen LogP contribution in [0.5, 0.6) is 0 Å². The lowest BCUT2D eigenvalue weighted by molar-refractivity contribution is -0.113. The normalized spacial score (nSPS) is 11.1. The Balaban J connectivity index is 1.53. The molecular weight excluding hydrogens is 418 g/mol. The van der Waals surface area contributed by atoms with Crippen molar-refractivity contribution in [2.75, 3.05) is 11.1 Å². The van der Waals surface area contributed by atoms with E-state index in [2.05, 4.69) is 20.6 Å². The highest BCUT2D eigenvalue weighted by Crippen LogP contribution is 2.25. The van der Waals surface area contributed by atoms with Gasteiger partial charge in [0.1, 0.15) is 11.2 Å². The lowest BCUT2D eigenvalue weighted by Gasteiger charge is -2.07. The van der Waals surface area contributed by atoms with Crippen molar-refractivity contribution in [3.05, 3.63) is 62.7 Å². The van der Waals surface area contributed by atoms with E-state index in [1.54, 1.807) is 18.2 Å². The smallest absolute Gasteiger partial charge is 0.290 e. The molecular formula is C18H14ClN5O2S2. The number of rotatable bonds is 5. The first-order chi connectivity index (χ1) is 13.5. The summed E-state index contributed by atoms with van der Waals surface area (Å²) in [7, 11) is 0. The van der Waals surface area contributed by atoms with Gasteiger partial charge in [0.2, 0.25) is 11.1 Å². The Hall–Kier alpha value is -2.62. The molecule has 4 rings (SSSR count). The standard InChI is InChI=1S/C18H14ClN5O2S2/c1-10-4-5-11(7-12(10)19)20-16(25)9-28-18-22-21-17(26)14-8-13(23-24(14)18)15-3-2-6-27-15/h2-8H,9H2,1H3,(H,20,25)(H,21,26). The number of carbonyl (C=O) groups excluding carboxylic acids is 1. The molecule has 0 fully saturated rings. The number of anilines is 1. The van der Waals surface area contributed by atoms with Gasteiger partial charge >= 0.3 is 0 Å². The van der Waals surface area contributed by atoms with Crippen molar-refractivity contribution < 1.29 is 4.79 Å². The highest BCUT2D eigenvalue weighted by molar-refractivity contribution is 7.99. The lowest BCUT2D eigenvalue weighted by atomic mass is 10.2. The number of halogens is 1. The van der Waals surface area contributed by atoms with Crippen LogP contribution in [0.1, 0.15) is 5.56 Å². The van der Waals surface area contributed by atoms with Crippen LogP contribution in [0.4, 0.5) is 5.69 Å². The van der Waals surface area contributed by atoms with Gasteiger partial charge in [-0.2, -0.15) is 5.10 Å². The van der Waals surface area contributed by atoms with E-state index < -0.39 is 0 Å². The first-order valence-corrected chi connectivity index (χ1v) is 10.5. The molecule has 3 heterocycles. The third kappa shape index (κ3) is 3.82. The van der Waals surface area contributed by atoms with Crippen LogP contribution in [0.3, 0.4) is 0 Å². The number of benzene rings is 1. The Labute approximate surface area is 172 Å². The van der Waals surface area contributed by atoms with Crippen molar-refractivity contribution in [1.29, 1.82) is 0 Å². The molecule has 0 saturated carbocycles. The minimum Gasteiger partial charge on any atom is -0.325 e. The third-order valence-electron chi connectivity index (χ3n) is 3.94. The summed E-state index contributed by atoms with van der Waals surface area (Å²) in [5, 5.41) is 16.7. The van der Waals surface area contributed by atoms with Crippen LogP contribution in [0, 0.1) is 6.92 Å². The Kier molecular flexibility index (Phi) is 5.21. The van der Waals surface area contributed by atoms with E-state index in [4.69, 9.17) is 11.6 Å². The molecule has 1 aromatic carbocycles. The number of thioether (sulfide) groups is 1. The zero-order chi connectivity index (χ0) is 19.7. The summed E-state index contributed by atoms with van der Waals surface area (Å²) in [5.41, 5.74) is 2.30. The van der Waals surface area contributed by atoms with Crippen LogP contribution in [-0.4, -0.2) is 31.5 Å². The van der Waals surface area contributed by atoms with Crippen LogP contribution in [0.2, 0.25) is 5.02 Å². The highest BCUT2D eigenvalue weighted by atomic mass is 35.5. The van der Waals surface area contributed by atoms with Crippen LogP contribution >= 0.6 is 34.7 Å². The molecule has 0 atom stereocenters. The fourth-order valence-corrected chi connectivity index (χ4v) is 4.09. The molecule has 7 nitrogen and oxygen atoms in total. The summed E-state index contributed by atoms with van der Waals surface area (Å²) >= 11 is 8.80. The Bertz CT molecular complexity index is 1220. The number of aromatic nitrogens is 4. The van der Waals surface area contributed by atoms with Gasteiger partial charge in [-0.15, -0.1) is 16.4 Å². The monoisotopic (exact) mass is 431 g/mol. The SMILES string of the molecule is Cc1ccc(NC(=O)CSc2n[nH]c(=O)c3cc(-c4cccs4)nn23)cc1Cl. The van der Waals surface area contributed by atoms with Crippen LogP contribution in [-0.2, 0) is 4.79 Å². The van der Waals surface area contributed by atoms with Crippen LogP contribution < -0.4 is 10.9 Å². The summed E-state index contributed by atoms with van der Waals surface area (Å²) in [4.78, 5) is 25.3. The summed E-state index contributed by atoms with van der Waals surface area (Å²) in [5.74, 6) is -0.106. The fraction of sp³-hybridized carbons (Fsp3) is 0.111. The Morgan fingerprint density at radius 2 is 2.21 bits per heavy atom. The molecule has 0 aliphatic heterocycles. The zero-order valence-corrected chi connectivity index (χ0v) is 17.0. The van der Waals surface area contributed by atoms with Crippen LogP contribution in [0.25, 0.3) is 16.1 Å². The van der Waals surface area contributed by atoms with Gasteiger partial charge < -0.3 is 5.32 Å². The number of carbonyl (C=O) groups is 1. The maximum atomic E-state index is 12.3. The first-order valence-electron chi connectivity index (χ1n) is 8.22. The number of aryl methyl sites for hydroxylation is 1. The number of amides is 1. The molecule has 4 aromatic rings. The molecule has 0 aliphatic carbocycles. The maximum Gasteiger partial charge on any atom is 0.290 e. The number of nitrogens with one attached hydrogen (secondary N) is 2. The molecule has 1 amide bonds. The van der Waals surface area contributed by atoms with E-state index >= 15 is 0 Å². The topological polar surface area (TPSA) is 92.1 Å². The molecule has 10 heteroatoms. The minimum atomic E-state index is -0.335. The first kappa shape index (κ1) is 18.7. The highest BCUT2D eigenvalue weighted by Gasteiger charge is 2.14. The maximum absolute atomic E-state index is 12.3. The average molecular weight is 432 g/mol. The van der Waals surface area contributed by atoms with Gasteiger partial charge in [-0.3, -0.25) is 9.59 Å². The second-order valence-corrected chi connectivity index (χ2v) is 8.24. The number of hydrogen-bond acceptors (Lipinski definition) is 6. The van der Waals surface area contributed by atoms with Gasteiger partial charge in [0, 0.05) is 10.7 Å². The predicted octanol–water partition coefficient (Wildman–Crippen LogP) is 3.84. The molecule has 0 saturated heterocycles. The molecule has 0 spiro atoms. The molecule has 0 bridgehead atoms. The summed E-state index contributed by atoms with van der Waals surface area (Å²) < 4.78 is 1.47. The summed E-state index contributed by atoms with van der Waals surface area (Å²) in [6.07, 6.45) is 0. The molecule has 0 radical (unpaired) electrons. The van der Waals surface area contributed by atoms with Gasteiger partial charge in [0.25, 0.3) is 5.56 Å². The summed E-state index contributed by atoms with van der Waals surface area (Å²) in [6.45, 7) is 1.89. The van der Waals surface area contributed by atoms with Crippen LogP contribution in [0.15, 0.2) is 51.7 Å². The van der Waals surface area contributed by atoms with Gasteiger partial charge in [-0.05, 0) is 42.1 Å². The van der Waals surface area contributed by atoms with E-state index in [1.165, 1.54) is 27.6 Å². The van der Waals surface area contributed by atoms with E-state index in [9.17, 15) is 9.59 Å². The average Bonchev–Trinajstić information content (AvgIpc) is 3.34. The number of thiophene rings is 1. The molecule has 0 unspecified atom stereocenters. The van der Waals surface area contributed by atoms with Crippen molar-refractivity contribution in [2.24, 2.45) is 0 Å². The van der Waals surface area contributed by atoms with E-state index in [1.807, 2.05) is 30.5 Å². The van der Waals surface area contributed by atoms with Crippen molar-refractivity contribution in [3.63, 3.8) is 0 Å². The van der Waals surface area contributed by atoms with E-state index in [0.29, 0.717) is 27.1 Å². The number of nitrogens with zero attached hydrogens (tertiary/aromatic N) is 3. The van der Waals surface area contributed by atoms with Crippen molar-refractivity contribution in [2.45, 2.75) is 12.1 Å². The molecule has 142 valence electrons. The predicted molar refractivity (Wildman–Crippen MR) is 112 cm³/mol. The Morgan fingerprint density at radius 1 is 1.36 bits per heavy atom. The van der Waals surface area contributed by atoms with Gasteiger partial charge in [-0.1, -0.05) is 35.5 Å². The Morgan fingerprint density at radius 3 is 2.96 bits per heavy atom. The molecule has 3 aromatic heterocycles. The number of aromatic amines is 1. The van der Waals surface area contributed by atoms with Gasteiger partial charge in [-0.25, -0.2) is 9.61 Å². The lowest BCUT2D eigenvalue weighted by Crippen LogP contribution is -2.17. The molecule has 0 aliphatic rings. The third-order valence-corrected chi connectivity index (χ3v) is 6.17. The molecule has 2 N–H and O–H groups in total. The van der Waals surface area contributed by atoms with Gasteiger partial charge in [0.15, 0.2) is 0 Å². The molecule has 28 heavy (non-hydrogen) atoms. The second kappa shape index (κ2) is 7.78. The van der Waals surface area contributed by atoms with Gasteiger partial charge in [0.05, 0.1) is 10.6 Å². The number of H-pyrrole nitrogens is 1.